The molecule has 0 saturated carbocycles. The number of nitrogens with zero attached hydrogens (tertiary/aromatic N) is 1. The molecule has 7 heteroatoms. The van der Waals surface area contributed by atoms with Crippen LogP contribution in [0.4, 0.5) is 4.39 Å². The van der Waals surface area contributed by atoms with Crippen LogP contribution in [-0.4, -0.2) is 15.1 Å². The Morgan fingerprint density at radius 1 is 1.23 bits per heavy atom. The van der Waals surface area contributed by atoms with Crippen LogP contribution in [0, 0.1) is 5.82 Å². The van der Waals surface area contributed by atoms with Crippen LogP contribution in [-0.2, 0) is 11.3 Å². The molecule has 1 saturated heterocycles. The Morgan fingerprint density at radius 3 is 2.59 bits per heavy atom. The number of hydrogen-bond donors (Lipinski definition) is 0. The van der Waals surface area contributed by atoms with Crippen molar-refractivity contribution in [1.82, 2.24) is 4.90 Å². The van der Waals surface area contributed by atoms with Gasteiger partial charge >= 0.3 is 0 Å². The van der Waals surface area contributed by atoms with Crippen molar-refractivity contribution in [1.29, 1.82) is 0 Å². The summed E-state index contributed by atoms with van der Waals surface area (Å²) < 4.78 is 14.5. The Balaban J connectivity index is 1.79. The Morgan fingerprint density at radius 2 is 1.95 bits per heavy atom. The van der Waals surface area contributed by atoms with Gasteiger partial charge in [-0.2, -0.15) is 0 Å². The molecular weight excluding hydrogens is 405 g/mol. The quantitative estimate of drug-likeness (QED) is 0.518. The largest absolute Gasteiger partial charge is 0.288 e. The molecule has 1 fully saturated rings. The highest BCUT2D eigenvalue weighted by molar-refractivity contribution is 9.11. The summed E-state index contributed by atoms with van der Waals surface area (Å²) in [6.45, 7) is 0.358. The second-order valence-corrected chi connectivity index (χ2v) is 8.71. The van der Waals surface area contributed by atoms with Crippen molar-refractivity contribution < 1.29 is 9.18 Å². The second-order valence-electron chi connectivity index (χ2n) is 4.54. The molecule has 0 aliphatic carbocycles. The Kier molecular flexibility index (Phi) is 4.77. The van der Waals surface area contributed by atoms with Crippen LogP contribution in [0.15, 0.2) is 45.1 Å². The van der Waals surface area contributed by atoms with Crippen molar-refractivity contribution in [3.8, 4) is 0 Å². The number of amides is 1. The number of carbonyl (C=O) groups is 1. The molecule has 22 heavy (non-hydrogen) atoms. The Bertz CT molecular complexity index is 769. The monoisotopic (exact) mass is 413 g/mol. The number of halogens is 2. The number of thioether (sulfide) groups is 1. The van der Waals surface area contributed by atoms with Crippen LogP contribution in [0.5, 0.6) is 0 Å². The number of carbonyl (C=O) groups excluding carboxylic acids is 1. The third-order valence-electron chi connectivity index (χ3n) is 2.99. The predicted octanol–water partition coefficient (Wildman–Crippen LogP) is 5.05. The van der Waals surface area contributed by atoms with E-state index in [0.717, 1.165) is 14.2 Å². The van der Waals surface area contributed by atoms with E-state index in [0.29, 0.717) is 15.8 Å². The third-order valence-corrected chi connectivity index (χ3v) is 5.94. The highest BCUT2D eigenvalue weighted by atomic mass is 79.9. The van der Waals surface area contributed by atoms with Crippen LogP contribution < -0.4 is 0 Å². The van der Waals surface area contributed by atoms with Gasteiger partial charge in [0, 0.05) is 4.88 Å². The first kappa shape index (κ1) is 15.9. The molecule has 2 aromatic rings. The lowest BCUT2D eigenvalue weighted by Gasteiger charge is -2.14. The van der Waals surface area contributed by atoms with E-state index in [9.17, 15) is 9.18 Å². The highest BCUT2D eigenvalue weighted by Crippen LogP contribution is 2.35. The van der Waals surface area contributed by atoms with Crippen molar-refractivity contribution in [2.24, 2.45) is 0 Å². The molecule has 0 atom stereocenters. The summed E-state index contributed by atoms with van der Waals surface area (Å²) in [4.78, 5) is 15.6. The van der Waals surface area contributed by atoms with Crippen molar-refractivity contribution in [3.63, 3.8) is 0 Å². The zero-order valence-electron chi connectivity index (χ0n) is 11.1. The lowest BCUT2D eigenvalue weighted by molar-refractivity contribution is -0.122. The summed E-state index contributed by atoms with van der Waals surface area (Å²) in [5.41, 5.74) is 0.845. The smallest absolute Gasteiger partial charge is 0.266 e. The standard InChI is InChI=1S/C15H9BrFNOS3/c16-13-6-5-11(21-13)7-12-14(19)18(15(20)22-12)8-9-1-3-10(17)4-2-9/h1-7H,8H2. The van der Waals surface area contributed by atoms with Gasteiger partial charge in [0.1, 0.15) is 10.1 Å². The normalized spacial score (nSPS) is 16.8. The molecule has 1 aromatic heterocycles. The maximum Gasteiger partial charge on any atom is 0.266 e. The van der Waals surface area contributed by atoms with Gasteiger partial charge in [0.2, 0.25) is 0 Å². The molecule has 1 aromatic carbocycles. The van der Waals surface area contributed by atoms with Gasteiger partial charge in [0.05, 0.1) is 15.2 Å². The van der Waals surface area contributed by atoms with Gasteiger partial charge in [-0.25, -0.2) is 4.39 Å². The van der Waals surface area contributed by atoms with E-state index in [1.165, 1.54) is 23.9 Å². The van der Waals surface area contributed by atoms with Crippen molar-refractivity contribution in [3.05, 3.63) is 61.3 Å². The summed E-state index contributed by atoms with van der Waals surface area (Å²) in [5, 5.41) is 0. The first-order valence-electron chi connectivity index (χ1n) is 6.28. The molecule has 1 aliphatic rings. The van der Waals surface area contributed by atoms with E-state index < -0.39 is 0 Å². The van der Waals surface area contributed by atoms with Crippen LogP contribution in [0.2, 0.25) is 0 Å². The van der Waals surface area contributed by atoms with Gasteiger partial charge in [-0.3, -0.25) is 9.69 Å². The minimum absolute atomic E-state index is 0.108. The lowest BCUT2D eigenvalue weighted by atomic mass is 10.2. The van der Waals surface area contributed by atoms with Crippen LogP contribution in [0.25, 0.3) is 6.08 Å². The van der Waals surface area contributed by atoms with Gasteiger partial charge in [0.25, 0.3) is 5.91 Å². The molecule has 0 spiro atoms. The van der Waals surface area contributed by atoms with E-state index in [2.05, 4.69) is 15.9 Å². The maximum atomic E-state index is 12.9. The maximum absolute atomic E-state index is 12.9. The number of thiophene rings is 1. The van der Waals surface area contributed by atoms with Gasteiger partial charge in [0.15, 0.2) is 0 Å². The molecule has 0 bridgehead atoms. The van der Waals surface area contributed by atoms with Crippen molar-refractivity contribution in [2.45, 2.75) is 6.54 Å². The van der Waals surface area contributed by atoms with Crippen LogP contribution >= 0.6 is 51.2 Å². The fourth-order valence-electron chi connectivity index (χ4n) is 1.94. The predicted molar refractivity (Wildman–Crippen MR) is 97.1 cm³/mol. The average molecular weight is 414 g/mol. The molecule has 0 radical (unpaired) electrons. The van der Waals surface area contributed by atoms with Crippen molar-refractivity contribution in [2.75, 3.05) is 0 Å². The van der Waals surface area contributed by atoms with Gasteiger partial charge in [-0.15, -0.1) is 11.3 Å². The second kappa shape index (κ2) is 6.62. The van der Waals surface area contributed by atoms with Gasteiger partial charge < -0.3 is 0 Å². The molecule has 3 rings (SSSR count). The van der Waals surface area contributed by atoms with Crippen molar-refractivity contribution >= 4 is 67.6 Å². The van der Waals surface area contributed by atoms with E-state index in [-0.39, 0.29) is 11.7 Å². The number of benzene rings is 1. The van der Waals surface area contributed by atoms with E-state index in [1.54, 1.807) is 28.4 Å². The zero-order chi connectivity index (χ0) is 15.7. The SMILES string of the molecule is O=C1C(=Cc2ccc(Br)s2)SC(=S)N1Cc1ccc(F)cc1. The van der Waals surface area contributed by atoms with Gasteiger partial charge in [-0.05, 0) is 51.8 Å². The van der Waals surface area contributed by atoms with Crippen LogP contribution in [0.1, 0.15) is 10.4 Å². The van der Waals surface area contributed by atoms with E-state index in [1.807, 2.05) is 18.2 Å². The fraction of sp³-hybridized carbons (Fsp3) is 0.0667. The number of thiocarbonyl (C=S) groups is 1. The first-order chi connectivity index (χ1) is 10.5. The fourth-order valence-corrected chi connectivity index (χ4v) is 4.63. The molecule has 112 valence electrons. The number of hydrogen-bond acceptors (Lipinski definition) is 4. The molecule has 2 heterocycles. The minimum atomic E-state index is -0.294. The van der Waals surface area contributed by atoms with Gasteiger partial charge in [-0.1, -0.05) is 36.1 Å². The molecular formula is C15H9BrFNOS3. The number of rotatable bonds is 3. The highest BCUT2D eigenvalue weighted by Gasteiger charge is 2.32. The van der Waals surface area contributed by atoms with Crippen LogP contribution in [0.3, 0.4) is 0 Å². The summed E-state index contributed by atoms with van der Waals surface area (Å²) in [7, 11) is 0. The Labute approximate surface area is 149 Å². The summed E-state index contributed by atoms with van der Waals surface area (Å²) in [5.74, 6) is -0.402. The summed E-state index contributed by atoms with van der Waals surface area (Å²) >= 11 is 11.5. The topological polar surface area (TPSA) is 20.3 Å². The summed E-state index contributed by atoms with van der Waals surface area (Å²) in [6, 6.07) is 9.97. The van der Waals surface area contributed by atoms with E-state index in [4.69, 9.17) is 12.2 Å². The molecule has 2 nitrogen and oxygen atoms in total. The molecule has 1 amide bonds. The third kappa shape index (κ3) is 3.48. The molecule has 0 unspecified atom stereocenters. The van der Waals surface area contributed by atoms with E-state index >= 15 is 0 Å². The average Bonchev–Trinajstić information content (AvgIpc) is 3.00. The lowest BCUT2D eigenvalue weighted by Crippen LogP contribution is -2.27. The Hall–Kier alpha value is -1.02. The zero-order valence-corrected chi connectivity index (χ0v) is 15.1. The first-order valence-corrected chi connectivity index (χ1v) is 9.11. The molecule has 0 N–H and O–H groups in total. The summed E-state index contributed by atoms with van der Waals surface area (Å²) in [6.07, 6.45) is 1.85. The molecule has 1 aliphatic heterocycles. The minimum Gasteiger partial charge on any atom is -0.288 e.